The first-order valence-electron chi connectivity index (χ1n) is 10.8. The molecule has 2 amide bonds. The molecule has 0 aliphatic carbocycles. The van der Waals surface area contributed by atoms with Crippen molar-refractivity contribution in [1.82, 2.24) is 15.2 Å². The van der Waals surface area contributed by atoms with Crippen LogP contribution in [0.1, 0.15) is 33.6 Å². The van der Waals surface area contributed by atoms with Crippen molar-refractivity contribution < 1.29 is 23.5 Å². The van der Waals surface area contributed by atoms with Crippen molar-refractivity contribution in [2.45, 2.75) is 28.8 Å². The van der Waals surface area contributed by atoms with Crippen LogP contribution in [-0.4, -0.2) is 54.0 Å². The van der Waals surface area contributed by atoms with Gasteiger partial charge < -0.3 is 24.1 Å². The third-order valence-corrected chi connectivity index (χ3v) is 6.64. The van der Waals surface area contributed by atoms with Crippen molar-refractivity contribution in [2.75, 3.05) is 26.3 Å². The Bertz CT molecular complexity index is 1140. The van der Waals surface area contributed by atoms with Crippen LogP contribution < -0.4 is 14.8 Å². The number of rotatable bonds is 5. The van der Waals surface area contributed by atoms with E-state index < -0.39 is 0 Å². The Balaban J connectivity index is 1.22. The highest BCUT2D eigenvalue weighted by atomic mass is 32.2. The highest BCUT2D eigenvalue weighted by molar-refractivity contribution is 7.99. The Hall–Kier alpha value is -3.46. The number of benzene rings is 1. The van der Waals surface area contributed by atoms with Crippen molar-refractivity contribution in [2.24, 2.45) is 0 Å². The Morgan fingerprint density at radius 3 is 2.67 bits per heavy atom. The molecule has 170 valence electrons. The molecule has 0 spiro atoms. The summed E-state index contributed by atoms with van der Waals surface area (Å²) in [5.41, 5.74) is 1.07. The topological polar surface area (TPSA) is 93.9 Å². The molecule has 8 nitrogen and oxygen atoms in total. The number of piperidine rings is 1. The Labute approximate surface area is 195 Å². The SMILES string of the molecule is O=C(NC1CCN(C(=O)c2ccoc2)CC1)c1cccnc1Sc1ccc2c(c1)OCCO2. The van der Waals surface area contributed by atoms with Crippen molar-refractivity contribution in [3.05, 3.63) is 66.2 Å². The molecule has 2 aliphatic heterocycles. The van der Waals surface area contributed by atoms with Gasteiger partial charge >= 0.3 is 0 Å². The average Bonchev–Trinajstić information content (AvgIpc) is 3.39. The number of carbonyl (C=O) groups is 2. The second kappa shape index (κ2) is 9.58. The molecule has 1 N–H and O–H groups in total. The van der Waals surface area contributed by atoms with Crippen molar-refractivity contribution in [3.63, 3.8) is 0 Å². The molecule has 1 saturated heterocycles. The van der Waals surface area contributed by atoms with Crippen LogP contribution in [0, 0.1) is 0 Å². The van der Waals surface area contributed by atoms with Gasteiger partial charge in [-0.1, -0.05) is 11.8 Å². The van der Waals surface area contributed by atoms with Gasteiger partial charge in [-0.15, -0.1) is 0 Å². The van der Waals surface area contributed by atoms with Gasteiger partial charge in [-0.2, -0.15) is 0 Å². The van der Waals surface area contributed by atoms with Crippen molar-refractivity contribution >= 4 is 23.6 Å². The minimum absolute atomic E-state index is 0.00162. The molecule has 1 aromatic carbocycles. The second-order valence-corrected chi connectivity index (χ2v) is 8.88. The summed E-state index contributed by atoms with van der Waals surface area (Å²) in [6, 6.07) is 10.9. The molecule has 0 bridgehead atoms. The molecule has 2 aromatic heterocycles. The minimum Gasteiger partial charge on any atom is -0.486 e. The van der Waals surface area contributed by atoms with Crippen LogP contribution in [0.25, 0.3) is 0 Å². The van der Waals surface area contributed by atoms with Gasteiger partial charge in [0.15, 0.2) is 11.5 Å². The van der Waals surface area contributed by atoms with Crippen molar-refractivity contribution in [1.29, 1.82) is 0 Å². The van der Waals surface area contributed by atoms with Gasteiger partial charge in [0.1, 0.15) is 24.5 Å². The molecule has 0 atom stereocenters. The van der Waals surface area contributed by atoms with E-state index in [9.17, 15) is 9.59 Å². The molecular weight excluding hydrogens is 442 g/mol. The van der Waals surface area contributed by atoms with E-state index in [1.54, 1.807) is 29.3 Å². The number of nitrogens with zero attached hydrogens (tertiary/aromatic N) is 2. The molecular formula is C24H23N3O5S. The van der Waals surface area contributed by atoms with E-state index in [0.717, 1.165) is 10.6 Å². The summed E-state index contributed by atoms with van der Waals surface area (Å²) in [5, 5.41) is 3.74. The van der Waals surface area contributed by atoms with E-state index >= 15 is 0 Å². The van der Waals surface area contributed by atoms with Gasteiger partial charge in [-0.25, -0.2) is 4.98 Å². The predicted molar refractivity (Wildman–Crippen MR) is 121 cm³/mol. The zero-order chi connectivity index (χ0) is 22.6. The number of hydrogen-bond donors (Lipinski definition) is 1. The number of fused-ring (bicyclic) bond motifs is 1. The standard InChI is InChI=1S/C24H23N3O5S/c28-22(26-17-5-9-27(10-6-17)24(29)16-7-11-30-15-16)19-2-1-8-25-23(19)33-18-3-4-20-21(14-18)32-13-12-31-20/h1-4,7-8,11,14-15,17H,5-6,9-10,12-13H2,(H,26,28). The summed E-state index contributed by atoms with van der Waals surface area (Å²) in [4.78, 5) is 32.7. The minimum atomic E-state index is -0.164. The molecule has 0 unspecified atom stereocenters. The maximum absolute atomic E-state index is 13.1. The summed E-state index contributed by atoms with van der Waals surface area (Å²) in [7, 11) is 0. The fraction of sp³-hybridized carbons (Fsp3) is 0.292. The van der Waals surface area contributed by atoms with Crippen LogP contribution in [0.4, 0.5) is 0 Å². The highest BCUT2D eigenvalue weighted by Gasteiger charge is 2.26. The van der Waals surface area contributed by atoms with E-state index in [4.69, 9.17) is 13.9 Å². The lowest BCUT2D eigenvalue weighted by Gasteiger charge is -2.32. The third-order valence-electron chi connectivity index (χ3n) is 5.63. The number of pyridine rings is 1. The lowest BCUT2D eigenvalue weighted by atomic mass is 10.0. The van der Waals surface area contributed by atoms with E-state index in [0.29, 0.717) is 61.0 Å². The monoisotopic (exact) mass is 465 g/mol. The van der Waals surface area contributed by atoms with Gasteiger partial charge in [0.25, 0.3) is 11.8 Å². The van der Waals surface area contributed by atoms with Crippen LogP contribution in [0.3, 0.4) is 0 Å². The molecule has 9 heteroatoms. The largest absolute Gasteiger partial charge is 0.486 e. The van der Waals surface area contributed by atoms with Crippen molar-refractivity contribution in [3.8, 4) is 11.5 Å². The zero-order valence-corrected chi connectivity index (χ0v) is 18.7. The lowest BCUT2D eigenvalue weighted by Crippen LogP contribution is -2.46. The van der Waals surface area contributed by atoms with E-state index in [2.05, 4.69) is 10.3 Å². The summed E-state index contributed by atoms with van der Waals surface area (Å²) in [5.74, 6) is 1.22. The van der Waals surface area contributed by atoms with Gasteiger partial charge in [-0.05, 0) is 49.2 Å². The number of amides is 2. The Morgan fingerprint density at radius 1 is 1.06 bits per heavy atom. The zero-order valence-electron chi connectivity index (χ0n) is 17.9. The number of ether oxygens (including phenoxy) is 2. The quantitative estimate of drug-likeness (QED) is 0.615. The van der Waals surface area contributed by atoms with Crippen LogP contribution in [0.2, 0.25) is 0 Å². The van der Waals surface area contributed by atoms with Crippen LogP contribution in [0.15, 0.2) is 69.5 Å². The first kappa shape index (κ1) is 21.4. The summed E-state index contributed by atoms with van der Waals surface area (Å²) < 4.78 is 16.2. The maximum Gasteiger partial charge on any atom is 0.257 e. The molecule has 1 fully saturated rings. The Kier molecular flexibility index (Phi) is 6.21. The van der Waals surface area contributed by atoms with E-state index in [1.165, 1.54) is 24.3 Å². The third kappa shape index (κ3) is 4.83. The fourth-order valence-electron chi connectivity index (χ4n) is 3.90. The van der Waals surface area contributed by atoms with Crippen LogP contribution in [0.5, 0.6) is 11.5 Å². The van der Waals surface area contributed by atoms with E-state index in [1.807, 2.05) is 18.2 Å². The average molecular weight is 466 g/mol. The molecule has 5 rings (SSSR count). The molecule has 0 saturated carbocycles. The number of furan rings is 1. The summed E-state index contributed by atoms with van der Waals surface area (Å²) in [6.45, 7) is 2.23. The number of likely N-dealkylation sites (tertiary alicyclic amines) is 1. The Morgan fingerprint density at radius 2 is 1.88 bits per heavy atom. The van der Waals surface area contributed by atoms with Crippen LogP contribution >= 0.6 is 11.8 Å². The van der Waals surface area contributed by atoms with Gasteiger partial charge in [-0.3, -0.25) is 9.59 Å². The number of nitrogens with one attached hydrogen (secondary N) is 1. The van der Waals surface area contributed by atoms with Gasteiger partial charge in [0.2, 0.25) is 0 Å². The predicted octanol–water partition coefficient (Wildman–Crippen LogP) is 3.63. The second-order valence-electron chi connectivity index (χ2n) is 7.82. The molecule has 2 aliphatic rings. The first-order valence-corrected chi connectivity index (χ1v) is 11.6. The number of aromatic nitrogens is 1. The number of carbonyl (C=O) groups excluding carboxylic acids is 2. The molecule has 3 aromatic rings. The first-order chi connectivity index (χ1) is 16.2. The van der Waals surface area contributed by atoms with E-state index in [-0.39, 0.29) is 17.9 Å². The number of hydrogen-bond acceptors (Lipinski definition) is 7. The smallest absolute Gasteiger partial charge is 0.257 e. The molecule has 4 heterocycles. The summed E-state index contributed by atoms with van der Waals surface area (Å²) in [6.07, 6.45) is 6.02. The molecule has 0 radical (unpaired) electrons. The summed E-state index contributed by atoms with van der Waals surface area (Å²) >= 11 is 1.41. The maximum atomic E-state index is 13.1. The highest BCUT2D eigenvalue weighted by Crippen LogP contribution is 2.37. The lowest BCUT2D eigenvalue weighted by molar-refractivity contribution is 0.0697. The molecule has 33 heavy (non-hydrogen) atoms. The van der Waals surface area contributed by atoms with Gasteiger partial charge in [0.05, 0.1) is 17.4 Å². The van der Waals surface area contributed by atoms with Crippen LogP contribution in [-0.2, 0) is 0 Å². The normalized spacial score (nSPS) is 15.8. The fourth-order valence-corrected chi connectivity index (χ4v) is 4.81. The van der Waals surface area contributed by atoms with Gasteiger partial charge in [0, 0.05) is 30.2 Å².